The number of para-hydroxylation sites is 2. The monoisotopic (exact) mass is 435 g/mol. The van der Waals surface area contributed by atoms with Gasteiger partial charge >= 0.3 is 5.97 Å². The van der Waals surface area contributed by atoms with Crippen LogP contribution in [0.5, 0.6) is 5.75 Å². The molecule has 0 aliphatic carbocycles. The van der Waals surface area contributed by atoms with E-state index >= 15 is 0 Å². The number of methoxy groups -OCH3 is 1. The molecule has 0 radical (unpaired) electrons. The minimum atomic E-state index is -1.01. The van der Waals surface area contributed by atoms with Gasteiger partial charge in [-0.15, -0.1) is 0 Å². The van der Waals surface area contributed by atoms with Crippen LogP contribution in [0.1, 0.15) is 44.7 Å². The van der Waals surface area contributed by atoms with Crippen LogP contribution in [0.25, 0.3) is 11.0 Å². The summed E-state index contributed by atoms with van der Waals surface area (Å²) in [5.41, 5.74) is 2.46. The third-order valence-corrected chi connectivity index (χ3v) is 5.91. The Labute approximate surface area is 187 Å². The highest BCUT2D eigenvalue weighted by Gasteiger charge is 2.47. The van der Waals surface area contributed by atoms with E-state index in [0.29, 0.717) is 18.2 Å². The summed E-state index contributed by atoms with van der Waals surface area (Å²) in [5.74, 6) is -0.562. The number of nitrogens with zero attached hydrogens (tertiary/aromatic N) is 3. The molecular formula is C25H29N3O4. The Morgan fingerprint density at radius 1 is 1.09 bits per heavy atom. The summed E-state index contributed by atoms with van der Waals surface area (Å²) in [5, 5.41) is 0. The summed E-state index contributed by atoms with van der Waals surface area (Å²) in [7, 11) is 1.60. The van der Waals surface area contributed by atoms with Gasteiger partial charge in [-0.3, -0.25) is 14.5 Å². The van der Waals surface area contributed by atoms with Crippen molar-refractivity contribution in [2.24, 2.45) is 5.92 Å². The number of ether oxygens (including phenoxy) is 2. The average Bonchev–Trinajstić information content (AvgIpc) is 3.19. The van der Waals surface area contributed by atoms with Crippen LogP contribution < -0.4 is 9.64 Å². The third-order valence-electron chi connectivity index (χ3n) is 5.91. The first-order valence-electron chi connectivity index (χ1n) is 11.2. The summed E-state index contributed by atoms with van der Waals surface area (Å²) in [4.78, 5) is 33.4. The van der Waals surface area contributed by atoms with Crippen molar-refractivity contribution in [3.8, 4) is 5.75 Å². The molecule has 0 spiro atoms. The Kier molecular flexibility index (Phi) is 6.44. The highest BCUT2D eigenvalue weighted by molar-refractivity contribution is 6.08. The van der Waals surface area contributed by atoms with Gasteiger partial charge in [-0.2, -0.15) is 0 Å². The zero-order valence-electron chi connectivity index (χ0n) is 18.8. The first kappa shape index (κ1) is 21.9. The lowest BCUT2D eigenvalue weighted by molar-refractivity contribution is -0.153. The number of unbranched alkanes of at least 4 members (excludes halogenated alkanes) is 2. The Bertz CT molecular complexity index is 1120. The molecule has 3 aromatic rings. The maximum atomic E-state index is 13.8. The highest BCUT2D eigenvalue weighted by atomic mass is 16.5. The maximum absolute atomic E-state index is 13.8. The van der Waals surface area contributed by atoms with Crippen molar-refractivity contribution in [2.75, 3.05) is 25.2 Å². The summed E-state index contributed by atoms with van der Waals surface area (Å²) in [6, 6.07) is 14.7. The fraction of sp³-hybridized carbons (Fsp3) is 0.400. The van der Waals surface area contributed by atoms with Gasteiger partial charge in [0.05, 0.1) is 30.8 Å². The van der Waals surface area contributed by atoms with E-state index in [9.17, 15) is 9.59 Å². The molecule has 2 unspecified atom stereocenters. The fourth-order valence-corrected chi connectivity index (χ4v) is 4.41. The van der Waals surface area contributed by atoms with Crippen molar-refractivity contribution >= 4 is 28.9 Å². The molecule has 0 N–H and O–H groups in total. The molecule has 4 rings (SSSR count). The van der Waals surface area contributed by atoms with Gasteiger partial charge in [0, 0.05) is 6.54 Å². The van der Waals surface area contributed by atoms with E-state index in [1.807, 2.05) is 53.1 Å². The molecular weight excluding hydrogens is 406 g/mol. The van der Waals surface area contributed by atoms with Gasteiger partial charge in [-0.1, -0.05) is 44.0 Å². The number of benzene rings is 2. The number of hydrogen-bond donors (Lipinski definition) is 0. The number of carbonyl (C=O) groups is 2. The number of imidazole rings is 1. The molecule has 0 fully saturated rings. The molecule has 0 saturated carbocycles. The summed E-state index contributed by atoms with van der Waals surface area (Å²) >= 11 is 0. The minimum Gasteiger partial charge on any atom is -0.497 e. The van der Waals surface area contributed by atoms with Gasteiger partial charge in [-0.05, 0) is 43.2 Å². The Morgan fingerprint density at radius 2 is 1.91 bits per heavy atom. The number of carbonyl (C=O) groups excluding carboxylic acids is 2. The lowest BCUT2D eigenvalue weighted by Crippen LogP contribution is -2.50. The average molecular weight is 436 g/mol. The maximum Gasteiger partial charge on any atom is 0.321 e. The SMILES string of the molecule is CCCCCN1C(=O)C(C(=O)OCC)C(c2cccc(OC)c2)n2c1nc1ccccc12. The number of anilines is 1. The summed E-state index contributed by atoms with van der Waals surface area (Å²) in [6.07, 6.45) is 2.87. The van der Waals surface area contributed by atoms with Crippen LogP contribution in [-0.2, 0) is 14.3 Å². The molecule has 2 atom stereocenters. The predicted molar refractivity (Wildman–Crippen MR) is 123 cm³/mol. The second-order valence-corrected chi connectivity index (χ2v) is 7.92. The van der Waals surface area contributed by atoms with Crippen LogP contribution >= 0.6 is 0 Å². The van der Waals surface area contributed by atoms with E-state index in [4.69, 9.17) is 14.5 Å². The van der Waals surface area contributed by atoms with Gasteiger partial charge in [0.15, 0.2) is 5.92 Å². The van der Waals surface area contributed by atoms with Crippen molar-refractivity contribution < 1.29 is 19.1 Å². The van der Waals surface area contributed by atoms with Gasteiger partial charge in [-0.25, -0.2) is 4.98 Å². The van der Waals surface area contributed by atoms with Crippen molar-refractivity contribution in [1.29, 1.82) is 0 Å². The van der Waals surface area contributed by atoms with Crippen LogP contribution in [0.4, 0.5) is 5.95 Å². The third kappa shape index (κ3) is 3.83. The Hall–Kier alpha value is -3.35. The molecule has 1 aliphatic rings. The van der Waals surface area contributed by atoms with Crippen molar-refractivity contribution in [3.05, 3.63) is 54.1 Å². The number of aromatic nitrogens is 2. The number of esters is 1. The Balaban J connectivity index is 1.94. The largest absolute Gasteiger partial charge is 0.497 e. The van der Waals surface area contributed by atoms with E-state index < -0.39 is 17.9 Å². The van der Waals surface area contributed by atoms with Gasteiger partial charge in [0.25, 0.3) is 0 Å². The number of hydrogen-bond acceptors (Lipinski definition) is 5. The van der Waals surface area contributed by atoms with E-state index in [1.54, 1.807) is 18.9 Å². The molecule has 7 nitrogen and oxygen atoms in total. The highest BCUT2D eigenvalue weighted by Crippen LogP contribution is 2.42. The second kappa shape index (κ2) is 9.42. The predicted octanol–water partition coefficient (Wildman–Crippen LogP) is 4.35. The quantitative estimate of drug-likeness (QED) is 0.299. The summed E-state index contributed by atoms with van der Waals surface area (Å²) in [6.45, 7) is 4.59. The topological polar surface area (TPSA) is 73.7 Å². The van der Waals surface area contributed by atoms with Crippen molar-refractivity contribution in [1.82, 2.24) is 9.55 Å². The molecule has 168 valence electrons. The van der Waals surface area contributed by atoms with Crippen LogP contribution in [-0.4, -0.2) is 41.7 Å². The molecule has 2 aromatic carbocycles. The number of amides is 1. The zero-order valence-corrected chi connectivity index (χ0v) is 18.8. The zero-order chi connectivity index (χ0) is 22.7. The standard InChI is InChI=1S/C25H29N3O4/c1-4-6-9-15-27-23(29)21(24(30)32-5-2)22(17-11-10-12-18(16-17)31-3)28-20-14-8-7-13-19(20)26-25(27)28/h7-8,10-14,16,21-22H,4-6,9,15H2,1-3H3. The molecule has 2 heterocycles. The van der Waals surface area contributed by atoms with Crippen LogP contribution in [0.2, 0.25) is 0 Å². The van der Waals surface area contributed by atoms with E-state index in [0.717, 1.165) is 35.9 Å². The molecule has 32 heavy (non-hydrogen) atoms. The molecule has 7 heteroatoms. The Morgan fingerprint density at radius 3 is 2.66 bits per heavy atom. The smallest absolute Gasteiger partial charge is 0.321 e. The van der Waals surface area contributed by atoms with Crippen LogP contribution in [0, 0.1) is 5.92 Å². The number of fused-ring (bicyclic) bond motifs is 3. The van der Waals surface area contributed by atoms with E-state index in [-0.39, 0.29) is 12.5 Å². The van der Waals surface area contributed by atoms with E-state index in [1.165, 1.54) is 0 Å². The second-order valence-electron chi connectivity index (χ2n) is 7.92. The molecule has 0 bridgehead atoms. The lowest BCUT2D eigenvalue weighted by Gasteiger charge is -2.38. The van der Waals surface area contributed by atoms with Gasteiger partial charge < -0.3 is 14.0 Å². The first-order chi connectivity index (χ1) is 15.6. The normalized spacial score (nSPS) is 18.0. The molecule has 1 amide bonds. The van der Waals surface area contributed by atoms with Crippen LogP contribution in [0.3, 0.4) is 0 Å². The molecule has 1 aromatic heterocycles. The fourth-order valence-electron chi connectivity index (χ4n) is 4.41. The first-order valence-corrected chi connectivity index (χ1v) is 11.2. The van der Waals surface area contributed by atoms with E-state index in [2.05, 4.69) is 6.92 Å². The number of rotatable bonds is 8. The van der Waals surface area contributed by atoms with Gasteiger partial charge in [0.1, 0.15) is 5.75 Å². The van der Waals surface area contributed by atoms with Crippen LogP contribution in [0.15, 0.2) is 48.5 Å². The molecule has 0 saturated heterocycles. The minimum absolute atomic E-state index is 0.209. The summed E-state index contributed by atoms with van der Waals surface area (Å²) < 4.78 is 12.8. The van der Waals surface area contributed by atoms with Crippen molar-refractivity contribution in [2.45, 2.75) is 39.2 Å². The molecule has 1 aliphatic heterocycles. The van der Waals surface area contributed by atoms with Crippen molar-refractivity contribution in [3.63, 3.8) is 0 Å². The van der Waals surface area contributed by atoms with Gasteiger partial charge in [0.2, 0.25) is 11.9 Å². The lowest BCUT2D eigenvalue weighted by atomic mass is 9.89.